The molecule has 0 spiro atoms. The fourth-order valence-corrected chi connectivity index (χ4v) is 0.910. The second-order valence-electron chi connectivity index (χ2n) is 1.12. The van der Waals surface area contributed by atoms with Crippen molar-refractivity contribution >= 4 is 11.3 Å². The van der Waals surface area contributed by atoms with E-state index >= 15 is 0 Å². The molecule has 1 N–H and O–H groups in total. The van der Waals surface area contributed by atoms with Crippen LogP contribution in [0.3, 0.4) is 0 Å². The average molecular weight is 116 g/mol. The normalized spacial score (nSPS) is 15.6. The molecule has 1 heterocycles. The summed E-state index contributed by atoms with van der Waals surface area (Å²) < 4.78 is 13.6. The van der Waals surface area contributed by atoms with Crippen molar-refractivity contribution in [1.82, 2.24) is 0 Å². The van der Waals surface area contributed by atoms with Crippen molar-refractivity contribution in [2.75, 3.05) is 0 Å². The Balaban J connectivity index is 2.90. The molecule has 0 aliphatic carbocycles. The second-order valence-corrected chi connectivity index (χ2v) is 1.90. The molecule has 0 unspecified atom stereocenters. The lowest BCUT2D eigenvalue weighted by atomic mass is 10.4. The average Bonchev–Trinajstić information content (AvgIpc) is 2.08. The van der Waals surface area contributed by atoms with Gasteiger partial charge in [-0.3, -0.25) is 0 Å². The maximum Gasteiger partial charge on any atom is 0.0689 e. The topological polar surface area (TPSA) is 20.2 Å². The van der Waals surface area contributed by atoms with E-state index in [0.717, 1.165) is 0 Å². The van der Waals surface area contributed by atoms with Gasteiger partial charge in [-0.15, -0.1) is 0 Å². The summed E-state index contributed by atoms with van der Waals surface area (Å²) in [5, 5.41) is 12.0. The highest BCUT2D eigenvalue weighted by Gasteiger charge is 1.83. The molecule has 0 aliphatic heterocycles. The summed E-state index contributed by atoms with van der Waals surface area (Å²) in [6.07, 6.45) is 0. The summed E-state index contributed by atoms with van der Waals surface area (Å²) in [6.45, 7) is -2.17. The van der Waals surface area contributed by atoms with E-state index in [2.05, 4.69) is 0 Å². The van der Waals surface area contributed by atoms with Crippen molar-refractivity contribution < 1.29 is 7.85 Å². The van der Waals surface area contributed by atoms with E-state index in [4.69, 9.17) is 7.85 Å². The number of hydrogen-bond acceptors (Lipinski definition) is 2. The van der Waals surface area contributed by atoms with Gasteiger partial charge in [-0.25, -0.2) is 0 Å². The molecule has 0 saturated carbocycles. The number of aliphatic hydroxyl groups is 1. The molecular weight excluding hydrogens is 108 g/mol. The van der Waals surface area contributed by atoms with Crippen LogP contribution in [0, 0.1) is 0 Å². The minimum atomic E-state index is -2.17. The molecule has 1 aromatic rings. The van der Waals surface area contributed by atoms with E-state index in [0.29, 0.717) is 5.56 Å². The van der Waals surface area contributed by atoms with Crippen LogP contribution in [0.25, 0.3) is 0 Å². The smallest absolute Gasteiger partial charge is 0.0689 e. The molecule has 0 amide bonds. The Morgan fingerprint density at radius 1 is 2.00 bits per heavy atom. The fraction of sp³-hybridized carbons (Fsp3) is 0.200. The van der Waals surface area contributed by atoms with Crippen LogP contribution in [0.15, 0.2) is 16.8 Å². The summed E-state index contributed by atoms with van der Waals surface area (Å²) in [5.41, 5.74) is 0.326. The van der Waals surface area contributed by atoms with Gasteiger partial charge in [0.2, 0.25) is 0 Å². The minimum Gasteiger partial charge on any atom is -0.392 e. The molecule has 2 heteroatoms. The van der Waals surface area contributed by atoms with E-state index in [1.165, 1.54) is 11.3 Å². The van der Waals surface area contributed by atoms with Gasteiger partial charge >= 0.3 is 0 Å². The predicted molar refractivity (Wildman–Crippen MR) is 30.2 cm³/mol. The lowest BCUT2D eigenvalue weighted by molar-refractivity contribution is 0.282. The van der Waals surface area contributed by atoms with E-state index in [-0.39, 0.29) is 0 Å². The third-order valence-electron chi connectivity index (χ3n) is 0.650. The van der Waals surface area contributed by atoms with Crippen LogP contribution in [0.4, 0.5) is 0 Å². The van der Waals surface area contributed by atoms with Crippen LogP contribution in [0.1, 0.15) is 8.30 Å². The SMILES string of the molecule is [2H]C([2H])(O)c1ccsc1. The molecular formula is C5H6OS. The first-order valence-corrected chi connectivity index (χ1v) is 2.80. The van der Waals surface area contributed by atoms with Crippen LogP contribution in [0.5, 0.6) is 0 Å². The Kier molecular flexibility index (Phi) is 0.851. The third kappa shape index (κ3) is 1.01. The molecule has 0 aromatic carbocycles. The Bertz CT molecular complexity index is 177. The molecule has 0 aliphatic rings. The summed E-state index contributed by atoms with van der Waals surface area (Å²) in [5.74, 6) is 0. The number of hydrogen-bond donors (Lipinski definition) is 1. The Morgan fingerprint density at radius 3 is 3.14 bits per heavy atom. The van der Waals surface area contributed by atoms with Crippen LogP contribution in [-0.4, -0.2) is 5.11 Å². The quantitative estimate of drug-likeness (QED) is 0.585. The first kappa shape index (κ1) is 2.84. The molecule has 0 bridgehead atoms. The molecule has 1 nitrogen and oxygen atoms in total. The van der Waals surface area contributed by atoms with Gasteiger partial charge in [-0.2, -0.15) is 11.3 Å². The number of rotatable bonds is 1. The van der Waals surface area contributed by atoms with Gasteiger partial charge < -0.3 is 5.11 Å². The Morgan fingerprint density at radius 2 is 2.86 bits per heavy atom. The highest BCUT2D eigenvalue weighted by molar-refractivity contribution is 7.07. The molecule has 38 valence electrons. The standard InChI is InChI=1S/C5H6OS/c6-3-5-1-2-7-4-5/h1-2,4,6H,3H2/i3D2. The van der Waals surface area contributed by atoms with Gasteiger partial charge in [0, 0.05) is 0 Å². The zero-order valence-corrected chi connectivity index (χ0v) is 4.40. The molecule has 1 rings (SSSR count). The van der Waals surface area contributed by atoms with E-state index < -0.39 is 6.56 Å². The summed E-state index contributed by atoms with van der Waals surface area (Å²) in [4.78, 5) is 0. The zero-order valence-electron chi connectivity index (χ0n) is 5.59. The Labute approximate surface area is 49.0 Å². The molecule has 0 atom stereocenters. The van der Waals surface area contributed by atoms with Crippen molar-refractivity contribution in [3.05, 3.63) is 22.4 Å². The molecule has 0 radical (unpaired) electrons. The van der Waals surface area contributed by atoms with Crippen LogP contribution in [-0.2, 0) is 6.56 Å². The van der Waals surface area contributed by atoms with Gasteiger partial charge in [-0.1, -0.05) is 0 Å². The lowest BCUT2D eigenvalue weighted by Gasteiger charge is -1.78. The van der Waals surface area contributed by atoms with Crippen molar-refractivity contribution in [3.63, 3.8) is 0 Å². The van der Waals surface area contributed by atoms with Gasteiger partial charge in [-0.05, 0) is 22.4 Å². The molecule has 7 heavy (non-hydrogen) atoms. The second kappa shape index (κ2) is 2.09. The lowest BCUT2D eigenvalue weighted by Crippen LogP contribution is -1.71. The van der Waals surface area contributed by atoms with E-state index in [1.54, 1.807) is 16.8 Å². The van der Waals surface area contributed by atoms with Gasteiger partial charge in [0.1, 0.15) is 0 Å². The monoisotopic (exact) mass is 116 g/mol. The minimum absolute atomic E-state index is 0.326. The Hall–Kier alpha value is -0.340. The van der Waals surface area contributed by atoms with Gasteiger partial charge in [0.05, 0.1) is 9.30 Å². The van der Waals surface area contributed by atoms with Crippen LogP contribution >= 0.6 is 11.3 Å². The zero-order chi connectivity index (χ0) is 6.91. The maximum absolute atomic E-state index is 8.72. The highest BCUT2D eigenvalue weighted by Crippen LogP contribution is 2.03. The molecule has 0 fully saturated rings. The van der Waals surface area contributed by atoms with E-state index in [9.17, 15) is 0 Å². The van der Waals surface area contributed by atoms with Crippen molar-refractivity contribution in [2.45, 2.75) is 6.56 Å². The van der Waals surface area contributed by atoms with E-state index in [1.807, 2.05) is 0 Å². The summed E-state index contributed by atoms with van der Waals surface area (Å²) in [6, 6.07) is 1.56. The summed E-state index contributed by atoms with van der Waals surface area (Å²) in [7, 11) is 0. The third-order valence-corrected chi connectivity index (χ3v) is 1.33. The largest absolute Gasteiger partial charge is 0.392 e. The number of thiophene rings is 1. The molecule has 1 aromatic heterocycles. The van der Waals surface area contributed by atoms with Gasteiger partial charge in [0.25, 0.3) is 0 Å². The van der Waals surface area contributed by atoms with Crippen LogP contribution < -0.4 is 0 Å². The van der Waals surface area contributed by atoms with Crippen molar-refractivity contribution in [1.29, 1.82) is 0 Å². The fourth-order valence-electron chi connectivity index (χ4n) is 0.328. The van der Waals surface area contributed by atoms with Crippen LogP contribution in [0.2, 0.25) is 0 Å². The molecule has 0 saturated heterocycles. The highest BCUT2D eigenvalue weighted by atomic mass is 32.1. The predicted octanol–water partition coefficient (Wildman–Crippen LogP) is 1.24. The van der Waals surface area contributed by atoms with Gasteiger partial charge in [0.15, 0.2) is 0 Å². The van der Waals surface area contributed by atoms with Crippen molar-refractivity contribution in [3.8, 4) is 0 Å². The summed E-state index contributed by atoms with van der Waals surface area (Å²) >= 11 is 1.37. The maximum atomic E-state index is 8.72. The first-order valence-electron chi connectivity index (χ1n) is 2.86. The van der Waals surface area contributed by atoms with Crippen molar-refractivity contribution in [2.24, 2.45) is 0 Å². The first-order chi connectivity index (χ1) is 4.11.